The molecule has 1 saturated heterocycles. The molecule has 2 amide bonds. The Labute approximate surface area is 128 Å². The molecule has 1 heterocycles. The monoisotopic (exact) mass is 295 g/mol. The van der Waals surface area contributed by atoms with E-state index in [1.54, 1.807) is 11.9 Å². The number of hydrogen-bond acceptors (Lipinski definition) is 3. The third-order valence-electron chi connectivity index (χ3n) is 5.02. The lowest BCUT2D eigenvalue weighted by molar-refractivity contribution is -0.145. The lowest BCUT2D eigenvalue weighted by atomic mass is 9.68. The first-order valence-corrected chi connectivity index (χ1v) is 8.15. The number of nitrogens with one attached hydrogen (secondary N) is 1. The molecule has 0 aromatic rings. The van der Waals surface area contributed by atoms with Gasteiger partial charge in [0.15, 0.2) is 0 Å². The lowest BCUT2D eigenvalue weighted by Gasteiger charge is -2.39. The Hall–Kier alpha value is -1.10. The molecule has 1 saturated carbocycles. The van der Waals surface area contributed by atoms with Gasteiger partial charge in [-0.25, -0.2) is 0 Å². The second-order valence-electron chi connectivity index (χ2n) is 7.11. The largest absolute Gasteiger partial charge is 0.339 e. The van der Waals surface area contributed by atoms with Crippen molar-refractivity contribution in [2.75, 3.05) is 39.8 Å². The van der Waals surface area contributed by atoms with E-state index >= 15 is 0 Å². The van der Waals surface area contributed by atoms with Gasteiger partial charge in [-0.15, -0.1) is 0 Å². The van der Waals surface area contributed by atoms with Crippen molar-refractivity contribution >= 4 is 11.8 Å². The van der Waals surface area contributed by atoms with Crippen molar-refractivity contribution in [3.63, 3.8) is 0 Å². The van der Waals surface area contributed by atoms with Gasteiger partial charge in [-0.1, -0.05) is 26.7 Å². The second-order valence-corrected chi connectivity index (χ2v) is 7.11. The Balaban J connectivity index is 1.91. The molecule has 1 aliphatic heterocycles. The first kappa shape index (κ1) is 16.3. The molecule has 1 unspecified atom stereocenters. The molecule has 0 spiro atoms. The van der Waals surface area contributed by atoms with Crippen LogP contribution in [0, 0.1) is 11.3 Å². The van der Waals surface area contributed by atoms with E-state index in [1.807, 2.05) is 4.90 Å². The number of carbonyl (C=O) groups is 2. The highest BCUT2D eigenvalue weighted by Gasteiger charge is 2.38. The molecule has 21 heavy (non-hydrogen) atoms. The highest BCUT2D eigenvalue weighted by Crippen LogP contribution is 2.41. The first-order chi connectivity index (χ1) is 9.92. The van der Waals surface area contributed by atoms with E-state index < -0.39 is 0 Å². The van der Waals surface area contributed by atoms with Crippen molar-refractivity contribution in [2.24, 2.45) is 11.3 Å². The minimum absolute atomic E-state index is 0.0572. The Morgan fingerprint density at radius 1 is 1.24 bits per heavy atom. The van der Waals surface area contributed by atoms with Crippen molar-refractivity contribution in [2.45, 2.75) is 39.5 Å². The Bertz CT molecular complexity index is 389. The molecule has 1 N–H and O–H groups in total. The summed E-state index contributed by atoms with van der Waals surface area (Å²) in [5, 5.41) is 3.23. The van der Waals surface area contributed by atoms with Crippen LogP contribution in [0.25, 0.3) is 0 Å². The topological polar surface area (TPSA) is 52.7 Å². The molecule has 120 valence electrons. The zero-order valence-corrected chi connectivity index (χ0v) is 13.7. The predicted octanol–water partition coefficient (Wildman–Crippen LogP) is 1.09. The average molecular weight is 295 g/mol. The van der Waals surface area contributed by atoms with Gasteiger partial charge in [0, 0.05) is 39.1 Å². The van der Waals surface area contributed by atoms with Crippen LogP contribution in [0.15, 0.2) is 0 Å². The zero-order chi connectivity index (χ0) is 15.5. The van der Waals surface area contributed by atoms with Gasteiger partial charge in [-0.3, -0.25) is 9.59 Å². The highest BCUT2D eigenvalue weighted by molar-refractivity contribution is 5.86. The Morgan fingerprint density at radius 3 is 2.52 bits per heavy atom. The molecule has 2 rings (SSSR count). The maximum absolute atomic E-state index is 12.7. The Morgan fingerprint density at radius 2 is 1.90 bits per heavy atom. The molecule has 0 radical (unpaired) electrons. The van der Waals surface area contributed by atoms with Crippen LogP contribution >= 0.6 is 0 Å². The summed E-state index contributed by atoms with van der Waals surface area (Å²) in [6, 6.07) is 0. The fraction of sp³-hybridized carbons (Fsp3) is 0.875. The van der Waals surface area contributed by atoms with Crippen molar-refractivity contribution in [1.82, 2.24) is 15.1 Å². The second kappa shape index (κ2) is 6.77. The molecule has 5 nitrogen and oxygen atoms in total. The van der Waals surface area contributed by atoms with E-state index in [-0.39, 0.29) is 29.7 Å². The number of rotatable bonds is 3. The van der Waals surface area contributed by atoms with Crippen molar-refractivity contribution in [3.8, 4) is 0 Å². The van der Waals surface area contributed by atoms with Crippen LogP contribution in [0.4, 0.5) is 0 Å². The van der Waals surface area contributed by atoms with E-state index in [4.69, 9.17) is 0 Å². The molecule has 1 atom stereocenters. The fourth-order valence-corrected chi connectivity index (χ4v) is 3.51. The third kappa shape index (κ3) is 3.96. The van der Waals surface area contributed by atoms with Crippen LogP contribution in [0.2, 0.25) is 0 Å². The van der Waals surface area contributed by atoms with Crippen LogP contribution in [0.1, 0.15) is 39.5 Å². The quantitative estimate of drug-likeness (QED) is 0.848. The summed E-state index contributed by atoms with van der Waals surface area (Å²) in [5.41, 5.74) is 0.0572. The van der Waals surface area contributed by atoms with E-state index in [9.17, 15) is 9.59 Å². The third-order valence-corrected chi connectivity index (χ3v) is 5.02. The van der Waals surface area contributed by atoms with Crippen LogP contribution in [0.5, 0.6) is 0 Å². The predicted molar refractivity (Wildman–Crippen MR) is 82.8 cm³/mol. The number of nitrogens with zero attached hydrogens (tertiary/aromatic N) is 2. The molecule has 0 aromatic heterocycles. The summed E-state index contributed by atoms with van der Waals surface area (Å²) in [5.74, 6) is 0.274. The maximum atomic E-state index is 12.7. The summed E-state index contributed by atoms with van der Waals surface area (Å²) in [7, 11) is 1.77. The molecular weight excluding hydrogens is 266 g/mol. The van der Waals surface area contributed by atoms with Gasteiger partial charge in [0.25, 0.3) is 0 Å². The number of piperazine rings is 1. The highest BCUT2D eigenvalue weighted by atomic mass is 16.2. The van der Waals surface area contributed by atoms with Crippen molar-refractivity contribution in [1.29, 1.82) is 0 Å². The summed E-state index contributed by atoms with van der Waals surface area (Å²) >= 11 is 0. The van der Waals surface area contributed by atoms with Crippen LogP contribution < -0.4 is 5.32 Å². The van der Waals surface area contributed by atoms with Gasteiger partial charge < -0.3 is 15.1 Å². The normalized spacial score (nSPS) is 25.5. The average Bonchev–Trinajstić information content (AvgIpc) is 2.47. The zero-order valence-electron chi connectivity index (χ0n) is 13.7. The Kier molecular flexibility index (Phi) is 5.25. The minimum Gasteiger partial charge on any atom is -0.339 e. The van der Waals surface area contributed by atoms with Gasteiger partial charge in [-0.2, -0.15) is 0 Å². The molecular formula is C16H29N3O2. The molecule has 1 aliphatic carbocycles. The molecule has 2 fully saturated rings. The number of likely N-dealkylation sites (N-methyl/N-ethyl adjacent to an activating group) is 1. The smallest absolute Gasteiger partial charge is 0.242 e. The number of hydrogen-bond donors (Lipinski definition) is 1. The van der Waals surface area contributed by atoms with Crippen LogP contribution in [-0.2, 0) is 9.59 Å². The lowest BCUT2D eigenvalue weighted by Crippen LogP contribution is -2.51. The van der Waals surface area contributed by atoms with E-state index in [0.717, 1.165) is 45.4 Å². The minimum atomic E-state index is 0.0572. The fourth-order valence-electron chi connectivity index (χ4n) is 3.51. The van der Waals surface area contributed by atoms with Gasteiger partial charge in [0.2, 0.25) is 11.8 Å². The summed E-state index contributed by atoms with van der Waals surface area (Å²) in [6.45, 7) is 7.76. The molecule has 0 bridgehead atoms. The van der Waals surface area contributed by atoms with E-state index in [0.29, 0.717) is 0 Å². The summed E-state index contributed by atoms with van der Waals surface area (Å²) < 4.78 is 0. The SMILES string of the molecule is CN(CC(=O)N1CCNCC1)C(=O)C1CCCCC1(C)C. The number of amides is 2. The van der Waals surface area contributed by atoms with Gasteiger partial charge in [-0.05, 0) is 18.3 Å². The summed E-state index contributed by atoms with van der Waals surface area (Å²) in [4.78, 5) is 28.4. The molecule has 5 heteroatoms. The van der Waals surface area contributed by atoms with E-state index in [2.05, 4.69) is 19.2 Å². The standard InChI is InChI=1S/C16H29N3O2/c1-16(2)7-5-4-6-13(16)15(21)18(3)12-14(20)19-10-8-17-9-11-19/h13,17H,4-12H2,1-3H3. The van der Waals surface area contributed by atoms with Crippen molar-refractivity contribution in [3.05, 3.63) is 0 Å². The number of carbonyl (C=O) groups excluding carboxylic acids is 2. The van der Waals surface area contributed by atoms with Crippen molar-refractivity contribution < 1.29 is 9.59 Å². The van der Waals surface area contributed by atoms with Gasteiger partial charge in [0.05, 0.1) is 6.54 Å². The van der Waals surface area contributed by atoms with Crippen LogP contribution in [0.3, 0.4) is 0 Å². The van der Waals surface area contributed by atoms with Gasteiger partial charge in [0.1, 0.15) is 0 Å². The van der Waals surface area contributed by atoms with Gasteiger partial charge >= 0.3 is 0 Å². The summed E-state index contributed by atoms with van der Waals surface area (Å²) in [6.07, 6.45) is 4.39. The van der Waals surface area contributed by atoms with Crippen LogP contribution in [-0.4, -0.2) is 61.4 Å². The molecule has 0 aromatic carbocycles. The van der Waals surface area contributed by atoms with E-state index in [1.165, 1.54) is 6.42 Å². The maximum Gasteiger partial charge on any atom is 0.242 e. The first-order valence-electron chi connectivity index (χ1n) is 8.15. The molecule has 2 aliphatic rings.